The third-order valence-electron chi connectivity index (χ3n) is 2.64. The summed E-state index contributed by atoms with van der Waals surface area (Å²) in [5, 5.41) is 3.20. The molecule has 0 spiro atoms. The van der Waals surface area contributed by atoms with E-state index < -0.39 is 11.7 Å². The lowest BCUT2D eigenvalue weighted by Gasteiger charge is -2.21. The fraction of sp³-hybridized carbons (Fsp3) is 0.533. The van der Waals surface area contributed by atoms with Gasteiger partial charge < -0.3 is 20.5 Å². The largest absolute Gasteiger partial charge is 0.495 e. The molecule has 0 aromatic heterocycles. The Hall–Kier alpha value is -1.46. The first-order valence-corrected chi connectivity index (χ1v) is 7.14. The van der Waals surface area contributed by atoms with E-state index in [4.69, 9.17) is 26.8 Å². The van der Waals surface area contributed by atoms with Crippen LogP contribution in [0, 0.1) is 0 Å². The van der Waals surface area contributed by atoms with Gasteiger partial charge in [-0.1, -0.05) is 23.7 Å². The van der Waals surface area contributed by atoms with Crippen molar-refractivity contribution in [1.29, 1.82) is 0 Å². The summed E-state index contributed by atoms with van der Waals surface area (Å²) in [7, 11) is 1.56. The molecule has 21 heavy (non-hydrogen) atoms. The lowest BCUT2D eigenvalue weighted by molar-refractivity contribution is 0.0524. The van der Waals surface area contributed by atoms with Crippen molar-refractivity contribution in [1.82, 2.24) is 5.32 Å². The predicted molar refractivity (Wildman–Crippen MR) is 83.9 cm³/mol. The molecule has 6 heteroatoms. The molecule has 118 valence electrons. The molecule has 1 unspecified atom stereocenters. The topological polar surface area (TPSA) is 73.6 Å². The zero-order chi connectivity index (χ0) is 16.0. The van der Waals surface area contributed by atoms with Crippen LogP contribution in [0.2, 0.25) is 5.02 Å². The molecule has 0 heterocycles. The number of nitrogens with one attached hydrogen (secondary N) is 1. The van der Waals surface area contributed by atoms with Crippen molar-refractivity contribution >= 4 is 17.7 Å². The van der Waals surface area contributed by atoms with E-state index in [0.717, 1.165) is 5.56 Å². The summed E-state index contributed by atoms with van der Waals surface area (Å²) >= 11 is 6.06. The number of halogens is 1. The number of ether oxygens (including phenoxy) is 2. The van der Waals surface area contributed by atoms with Gasteiger partial charge in [0.2, 0.25) is 0 Å². The van der Waals surface area contributed by atoms with Gasteiger partial charge in [-0.2, -0.15) is 0 Å². The smallest absolute Gasteiger partial charge is 0.407 e. The molecule has 0 fully saturated rings. The Kier molecular flexibility index (Phi) is 6.30. The molecule has 1 amide bonds. The van der Waals surface area contributed by atoms with Crippen LogP contribution in [-0.4, -0.2) is 31.4 Å². The number of nitrogens with two attached hydrogens (primary N) is 1. The van der Waals surface area contributed by atoms with Gasteiger partial charge in [0.25, 0.3) is 0 Å². The summed E-state index contributed by atoms with van der Waals surface area (Å²) in [6.07, 6.45) is 0.0653. The molecule has 1 aromatic rings. The molecule has 5 nitrogen and oxygen atoms in total. The molecule has 1 atom stereocenters. The number of alkyl carbamates (subject to hydrolysis) is 1. The number of benzene rings is 1. The number of rotatable bonds is 5. The van der Waals surface area contributed by atoms with E-state index in [2.05, 4.69) is 5.32 Å². The molecular weight excluding hydrogens is 292 g/mol. The Labute approximate surface area is 130 Å². The van der Waals surface area contributed by atoms with Crippen molar-refractivity contribution in [2.45, 2.75) is 38.8 Å². The minimum absolute atomic E-state index is 0.259. The highest BCUT2D eigenvalue weighted by molar-refractivity contribution is 6.32. The van der Waals surface area contributed by atoms with Crippen molar-refractivity contribution < 1.29 is 14.3 Å². The van der Waals surface area contributed by atoms with Crippen LogP contribution < -0.4 is 15.8 Å². The molecule has 3 N–H and O–H groups in total. The van der Waals surface area contributed by atoms with Crippen LogP contribution in [0.5, 0.6) is 5.75 Å². The summed E-state index contributed by atoms with van der Waals surface area (Å²) in [5.41, 5.74) is 6.41. The van der Waals surface area contributed by atoms with Gasteiger partial charge in [0, 0.05) is 12.6 Å². The first-order valence-electron chi connectivity index (χ1n) is 6.76. The SMILES string of the molecule is COc1c(Cl)cccc1CC(N)CNC(=O)OC(C)(C)C. The number of methoxy groups -OCH3 is 1. The standard InChI is InChI=1S/C15H23ClN2O3/c1-15(2,3)21-14(19)18-9-11(17)8-10-6-5-7-12(16)13(10)20-4/h5-7,11H,8-9,17H2,1-4H3,(H,18,19). The van der Waals surface area contributed by atoms with Gasteiger partial charge in [0.15, 0.2) is 0 Å². The van der Waals surface area contributed by atoms with Crippen LogP contribution in [0.3, 0.4) is 0 Å². The summed E-state index contributed by atoms with van der Waals surface area (Å²) < 4.78 is 10.4. The van der Waals surface area contributed by atoms with Gasteiger partial charge in [-0.05, 0) is 38.8 Å². The number of carbonyl (C=O) groups is 1. The quantitative estimate of drug-likeness (QED) is 0.876. The summed E-state index contributed by atoms with van der Waals surface area (Å²) in [6.45, 7) is 5.74. The van der Waals surface area contributed by atoms with Crippen molar-refractivity contribution in [3.8, 4) is 5.75 Å². The summed E-state index contributed by atoms with van der Waals surface area (Å²) in [6, 6.07) is 5.24. The van der Waals surface area contributed by atoms with Crippen LogP contribution in [-0.2, 0) is 11.2 Å². The van der Waals surface area contributed by atoms with Crippen LogP contribution in [0.25, 0.3) is 0 Å². The zero-order valence-electron chi connectivity index (χ0n) is 12.9. The van der Waals surface area contributed by atoms with Gasteiger partial charge in [-0.15, -0.1) is 0 Å². The number of amides is 1. The number of carbonyl (C=O) groups excluding carboxylic acids is 1. The van der Waals surface area contributed by atoms with Crippen molar-refractivity contribution in [2.24, 2.45) is 5.73 Å². The molecule has 0 aliphatic carbocycles. The Bertz CT molecular complexity index is 486. The average molecular weight is 315 g/mol. The minimum atomic E-state index is -0.523. The molecule has 1 aromatic carbocycles. The highest BCUT2D eigenvalue weighted by Crippen LogP contribution is 2.28. The molecule has 0 bridgehead atoms. The second kappa shape index (κ2) is 7.52. The molecule has 0 aliphatic heterocycles. The first-order chi connectivity index (χ1) is 9.73. The molecule has 0 aliphatic rings. The van der Waals surface area contributed by atoms with Crippen LogP contribution in [0.1, 0.15) is 26.3 Å². The highest BCUT2D eigenvalue weighted by Gasteiger charge is 2.17. The maximum atomic E-state index is 11.6. The predicted octanol–water partition coefficient (Wildman–Crippen LogP) is 2.74. The summed E-state index contributed by atoms with van der Waals surface area (Å²) in [5.74, 6) is 0.617. The fourth-order valence-electron chi connectivity index (χ4n) is 1.83. The van der Waals surface area contributed by atoms with Gasteiger partial charge in [-0.3, -0.25) is 0 Å². The Balaban J connectivity index is 2.53. The van der Waals surface area contributed by atoms with E-state index in [1.165, 1.54) is 0 Å². The third kappa shape index (κ3) is 6.23. The summed E-state index contributed by atoms with van der Waals surface area (Å²) in [4.78, 5) is 11.6. The molecule has 0 saturated heterocycles. The van der Waals surface area contributed by atoms with E-state index in [0.29, 0.717) is 23.7 Å². The zero-order valence-corrected chi connectivity index (χ0v) is 13.7. The van der Waals surface area contributed by atoms with Crippen molar-refractivity contribution in [3.05, 3.63) is 28.8 Å². The monoisotopic (exact) mass is 314 g/mol. The van der Waals surface area contributed by atoms with Crippen LogP contribution in [0.15, 0.2) is 18.2 Å². The Morgan fingerprint density at radius 2 is 2.10 bits per heavy atom. The maximum absolute atomic E-state index is 11.6. The molecule has 0 radical (unpaired) electrons. The van der Waals surface area contributed by atoms with Gasteiger partial charge >= 0.3 is 6.09 Å². The average Bonchev–Trinajstić information content (AvgIpc) is 2.35. The van der Waals surface area contributed by atoms with Gasteiger partial charge in [0.05, 0.1) is 12.1 Å². The minimum Gasteiger partial charge on any atom is -0.495 e. The lowest BCUT2D eigenvalue weighted by atomic mass is 10.1. The van der Waals surface area contributed by atoms with Crippen molar-refractivity contribution in [3.63, 3.8) is 0 Å². The van der Waals surface area contributed by atoms with E-state index in [-0.39, 0.29) is 6.04 Å². The number of hydrogen-bond donors (Lipinski definition) is 2. The van der Waals surface area contributed by atoms with Crippen LogP contribution >= 0.6 is 11.6 Å². The molecule has 0 saturated carbocycles. The van der Waals surface area contributed by atoms with Gasteiger partial charge in [0.1, 0.15) is 11.4 Å². The number of para-hydroxylation sites is 1. The lowest BCUT2D eigenvalue weighted by Crippen LogP contribution is -2.41. The number of hydrogen-bond acceptors (Lipinski definition) is 4. The molecular formula is C15H23ClN2O3. The van der Waals surface area contributed by atoms with Crippen molar-refractivity contribution in [2.75, 3.05) is 13.7 Å². The van der Waals surface area contributed by atoms with E-state index in [1.807, 2.05) is 32.9 Å². The third-order valence-corrected chi connectivity index (χ3v) is 2.94. The van der Waals surface area contributed by atoms with Gasteiger partial charge in [-0.25, -0.2) is 4.79 Å². The second-order valence-electron chi connectivity index (χ2n) is 5.78. The second-order valence-corrected chi connectivity index (χ2v) is 6.19. The first kappa shape index (κ1) is 17.6. The van der Waals surface area contributed by atoms with E-state index in [9.17, 15) is 4.79 Å². The van der Waals surface area contributed by atoms with Crippen LogP contribution in [0.4, 0.5) is 4.79 Å². The Morgan fingerprint density at radius 3 is 2.67 bits per heavy atom. The fourth-order valence-corrected chi connectivity index (χ4v) is 2.10. The maximum Gasteiger partial charge on any atom is 0.407 e. The molecule has 1 rings (SSSR count). The van der Waals surface area contributed by atoms with E-state index in [1.54, 1.807) is 13.2 Å². The highest BCUT2D eigenvalue weighted by atomic mass is 35.5. The van der Waals surface area contributed by atoms with E-state index >= 15 is 0 Å². The Morgan fingerprint density at radius 1 is 1.43 bits per heavy atom. The normalized spacial score (nSPS) is 12.7.